The molecule has 0 saturated heterocycles. The van der Waals surface area contributed by atoms with E-state index in [0.717, 1.165) is 6.54 Å². The summed E-state index contributed by atoms with van der Waals surface area (Å²) in [6, 6.07) is 0. The first-order chi connectivity index (χ1) is 14.2. The molecule has 0 unspecified atom stereocenters. The summed E-state index contributed by atoms with van der Waals surface area (Å²) in [4.78, 5) is 3.02. The highest BCUT2D eigenvalue weighted by Crippen LogP contribution is 2.18. The quantitative estimate of drug-likeness (QED) is 0.0838. The Balaban J connectivity index is 4.58. The Morgan fingerprint density at radius 1 is 0.483 bits per heavy atom. The van der Waals surface area contributed by atoms with Crippen molar-refractivity contribution in [3.05, 3.63) is 0 Å². The summed E-state index contributed by atoms with van der Waals surface area (Å²) in [5.74, 6) is 3.41. The van der Waals surface area contributed by atoms with Gasteiger partial charge in [0.1, 0.15) is 6.54 Å². The molecule has 0 bridgehead atoms. The largest absolute Gasteiger partial charge is 0.313 e. The van der Waals surface area contributed by atoms with E-state index in [1.165, 1.54) is 140 Å². The third-order valence-electron chi connectivity index (χ3n) is 6.44. The van der Waals surface area contributed by atoms with Gasteiger partial charge < -0.3 is 4.48 Å². The molecule has 0 radical (unpaired) electrons. The smallest absolute Gasteiger partial charge is 0.141 e. The van der Waals surface area contributed by atoms with E-state index in [0.29, 0.717) is 0 Å². The molecule has 0 amide bonds. The molecule has 2 heteroatoms. The van der Waals surface area contributed by atoms with Gasteiger partial charge in [-0.1, -0.05) is 97.8 Å². The molecular formula is C27H53BrN+. The number of quaternary nitrogens is 1. The molecule has 0 N–H and O–H groups in total. The highest BCUT2D eigenvalue weighted by Gasteiger charge is 2.25. The molecule has 0 heterocycles. The van der Waals surface area contributed by atoms with E-state index >= 15 is 0 Å². The second kappa shape index (κ2) is 22.7. The Labute approximate surface area is 193 Å². The van der Waals surface area contributed by atoms with Crippen LogP contribution >= 0.6 is 15.9 Å². The van der Waals surface area contributed by atoms with E-state index in [1.54, 1.807) is 0 Å². The average molecular weight is 472 g/mol. The molecule has 0 aromatic rings. The molecule has 1 nitrogen and oxygen atoms in total. The molecule has 29 heavy (non-hydrogen) atoms. The fourth-order valence-corrected chi connectivity index (χ4v) is 4.58. The Hall–Kier alpha value is 0. The Morgan fingerprint density at radius 2 is 0.793 bits per heavy atom. The minimum Gasteiger partial charge on any atom is -0.313 e. The fourth-order valence-electron chi connectivity index (χ4n) is 4.45. The van der Waals surface area contributed by atoms with Crippen molar-refractivity contribution in [2.45, 2.75) is 136 Å². The van der Waals surface area contributed by atoms with Crippen LogP contribution in [0.2, 0.25) is 0 Å². The van der Waals surface area contributed by atoms with Crippen LogP contribution in [0.5, 0.6) is 0 Å². The fraction of sp³-hybridized carbons (Fsp3) is 0.926. The van der Waals surface area contributed by atoms with E-state index in [1.807, 2.05) is 0 Å². The zero-order valence-electron chi connectivity index (χ0n) is 20.4. The van der Waals surface area contributed by atoms with E-state index in [2.05, 4.69) is 47.5 Å². The van der Waals surface area contributed by atoms with Crippen LogP contribution < -0.4 is 0 Å². The Bertz CT molecular complexity index is 341. The van der Waals surface area contributed by atoms with Crippen molar-refractivity contribution < 1.29 is 4.48 Å². The van der Waals surface area contributed by atoms with Gasteiger partial charge in [0.25, 0.3) is 0 Å². The van der Waals surface area contributed by atoms with Gasteiger partial charge in [0.05, 0.1) is 19.6 Å². The molecular weight excluding hydrogens is 418 g/mol. The van der Waals surface area contributed by atoms with Crippen LogP contribution in [0.25, 0.3) is 0 Å². The van der Waals surface area contributed by atoms with Crippen molar-refractivity contribution in [1.82, 2.24) is 0 Å². The third-order valence-corrected chi connectivity index (χ3v) is 6.72. The summed E-state index contributed by atoms with van der Waals surface area (Å²) in [7, 11) is 0. The van der Waals surface area contributed by atoms with Crippen LogP contribution in [-0.2, 0) is 0 Å². The molecule has 0 aromatic heterocycles. The van der Waals surface area contributed by atoms with Crippen LogP contribution in [0.1, 0.15) is 136 Å². The number of halogens is 1. The first-order valence-corrected chi connectivity index (χ1v) is 14.0. The molecule has 0 aliphatic carbocycles. The lowest BCUT2D eigenvalue weighted by atomic mass is 10.1. The molecule has 0 aromatic carbocycles. The second-order valence-electron chi connectivity index (χ2n) is 9.25. The number of rotatable bonds is 22. The van der Waals surface area contributed by atoms with Crippen molar-refractivity contribution in [3.8, 4) is 10.8 Å². The molecule has 0 atom stereocenters. The van der Waals surface area contributed by atoms with Crippen LogP contribution in [-0.4, -0.2) is 30.7 Å². The molecule has 0 saturated carbocycles. The number of nitrogens with zero attached hydrogens (tertiary/aromatic N) is 1. The maximum Gasteiger partial charge on any atom is 0.141 e. The first-order valence-electron chi connectivity index (χ1n) is 13.2. The van der Waals surface area contributed by atoms with Crippen molar-refractivity contribution >= 4 is 15.9 Å². The minimum absolute atomic E-state index is 1.05. The summed E-state index contributed by atoms with van der Waals surface area (Å²) in [6.07, 6.45) is 25.2. The van der Waals surface area contributed by atoms with Crippen molar-refractivity contribution in [1.29, 1.82) is 0 Å². The average Bonchev–Trinajstić information content (AvgIpc) is 2.74. The lowest BCUT2D eigenvalue weighted by molar-refractivity contribution is -0.922. The monoisotopic (exact) mass is 470 g/mol. The Morgan fingerprint density at radius 3 is 1.10 bits per heavy atom. The van der Waals surface area contributed by atoms with Gasteiger partial charge >= 0.3 is 0 Å². The summed E-state index contributed by atoms with van der Waals surface area (Å²) in [5.41, 5.74) is 0. The lowest BCUT2D eigenvalue weighted by Crippen LogP contribution is -2.50. The summed E-state index contributed by atoms with van der Waals surface area (Å²) < 4.78 is 1.26. The van der Waals surface area contributed by atoms with Gasteiger partial charge in [-0.05, 0) is 49.3 Å². The highest BCUT2D eigenvalue weighted by molar-refractivity contribution is 9.12. The number of unbranched alkanes of at least 4 members (excludes halogenated alkanes) is 15. The highest BCUT2D eigenvalue weighted by atomic mass is 79.9. The van der Waals surface area contributed by atoms with Crippen molar-refractivity contribution in [2.75, 3.05) is 26.2 Å². The van der Waals surface area contributed by atoms with Gasteiger partial charge in [-0.15, -0.1) is 0 Å². The van der Waals surface area contributed by atoms with Gasteiger partial charge in [-0.2, -0.15) is 0 Å². The standard InChI is InChI=1S/C27H53BrN/c1-4-7-10-13-16-19-24-29(27-22-23-28,25-20-17-14-11-8-5-2)26-21-18-15-12-9-6-3/h4-21,24-27H2,1-3H3/q+1. The molecule has 172 valence electrons. The zero-order valence-corrected chi connectivity index (χ0v) is 22.0. The predicted molar refractivity (Wildman–Crippen MR) is 137 cm³/mol. The maximum atomic E-state index is 3.41. The molecule has 0 spiro atoms. The Kier molecular flexibility index (Phi) is 22.7. The summed E-state index contributed by atoms with van der Waals surface area (Å²) in [5, 5.41) is 0. The van der Waals surface area contributed by atoms with Gasteiger partial charge in [0, 0.05) is 15.9 Å². The molecule has 0 rings (SSSR count). The van der Waals surface area contributed by atoms with E-state index in [-0.39, 0.29) is 0 Å². The van der Waals surface area contributed by atoms with E-state index < -0.39 is 0 Å². The molecule has 0 fully saturated rings. The van der Waals surface area contributed by atoms with E-state index in [9.17, 15) is 0 Å². The summed E-state index contributed by atoms with van der Waals surface area (Å²) >= 11 is 3.36. The lowest BCUT2D eigenvalue weighted by Gasteiger charge is -2.38. The predicted octanol–water partition coefficient (Wildman–Crippen LogP) is 9.24. The van der Waals surface area contributed by atoms with Crippen LogP contribution in [0, 0.1) is 10.8 Å². The van der Waals surface area contributed by atoms with Gasteiger partial charge in [-0.3, -0.25) is 0 Å². The molecule has 0 aliphatic rings. The van der Waals surface area contributed by atoms with Crippen molar-refractivity contribution in [3.63, 3.8) is 0 Å². The molecule has 0 aliphatic heterocycles. The summed E-state index contributed by atoms with van der Waals surface area (Å²) in [6.45, 7) is 12.0. The number of hydrogen-bond donors (Lipinski definition) is 0. The van der Waals surface area contributed by atoms with Gasteiger partial charge in [-0.25, -0.2) is 0 Å². The third kappa shape index (κ3) is 18.5. The normalized spacial score (nSPS) is 11.4. The van der Waals surface area contributed by atoms with Crippen LogP contribution in [0.3, 0.4) is 0 Å². The van der Waals surface area contributed by atoms with Crippen molar-refractivity contribution in [2.24, 2.45) is 0 Å². The van der Waals surface area contributed by atoms with Crippen LogP contribution in [0.15, 0.2) is 0 Å². The zero-order chi connectivity index (χ0) is 21.5. The van der Waals surface area contributed by atoms with Gasteiger partial charge in [0.15, 0.2) is 0 Å². The SMILES string of the molecule is CCCCCCCC[N+](CC#CBr)(CCCCCCCC)CCCCCCCC. The second-order valence-corrected chi connectivity index (χ2v) is 9.64. The maximum absolute atomic E-state index is 3.41. The topological polar surface area (TPSA) is 0 Å². The van der Waals surface area contributed by atoms with E-state index in [4.69, 9.17) is 0 Å². The minimum atomic E-state index is 1.05. The number of hydrogen-bond acceptors (Lipinski definition) is 0. The van der Waals surface area contributed by atoms with Gasteiger partial charge in [0.2, 0.25) is 0 Å². The van der Waals surface area contributed by atoms with Crippen LogP contribution in [0.4, 0.5) is 0 Å². The first kappa shape index (κ1) is 29.0.